The third kappa shape index (κ3) is 8.39. The summed E-state index contributed by atoms with van der Waals surface area (Å²) < 4.78 is 10.00. The Morgan fingerprint density at radius 3 is 2.60 bits per heavy atom. The molecule has 138 valence electrons. The van der Waals surface area contributed by atoms with Crippen LogP contribution >= 0.6 is 11.6 Å². The van der Waals surface area contributed by atoms with Crippen LogP contribution in [0.5, 0.6) is 5.75 Å². The van der Waals surface area contributed by atoms with E-state index in [1.807, 2.05) is 13.8 Å². The fourth-order valence-electron chi connectivity index (χ4n) is 1.92. The molecule has 0 saturated carbocycles. The van der Waals surface area contributed by atoms with Crippen LogP contribution in [0.2, 0.25) is 5.02 Å². The maximum Gasteiger partial charge on any atom is 0.321 e. The highest BCUT2D eigenvalue weighted by Crippen LogP contribution is 2.23. The Bertz CT molecular complexity index is 619. The number of ether oxygens (including phenoxy) is 2. The van der Waals surface area contributed by atoms with Crippen molar-refractivity contribution in [1.82, 2.24) is 10.6 Å². The molecule has 0 saturated heterocycles. The molecule has 0 radical (unpaired) electrons. The van der Waals surface area contributed by atoms with Crippen molar-refractivity contribution in [3.05, 3.63) is 28.8 Å². The minimum absolute atomic E-state index is 0.0996. The van der Waals surface area contributed by atoms with Crippen LogP contribution in [0.15, 0.2) is 18.2 Å². The number of hydrogen-bond donors (Lipinski definition) is 2. The SMILES string of the molecule is COc1ccc(Cl)cc1CC(=O)OCC(=O)NC(=O)NCCC(C)C. The van der Waals surface area contributed by atoms with Crippen molar-refractivity contribution in [1.29, 1.82) is 0 Å². The Morgan fingerprint density at radius 1 is 1.24 bits per heavy atom. The Balaban J connectivity index is 2.37. The molecule has 0 aliphatic rings. The number of hydrogen-bond acceptors (Lipinski definition) is 5. The molecule has 1 aromatic rings. The quantitative estimate of drug-likeness (QED) is 0.685. The van der Waals surface area contributed by atoms with Crippen molar-refractivity contribution in [3.8, 4) is 5.75 Å². The second-order valence-corrected chi connectivity index (χ2v) is 6.22. The van der Waals surface area contributed by atoms with E-state index < -0.39 is 24.5 Å². The maximum absolute atomic E-state index is 11.8. The van der Waals surface area contributed by atoms with Gasteiger partial charge in [-0.05, 0) is 30.5 Å². The maximum atomic E-state index is 11.8. The second kappa shape index (κ2) is 10.6. The number of carbonyl (C=O) groups is 3. The third-order valence-corrected chi connectivity index (χ3v) is 3.44. The van der Waals surface area contributed by atoms with Crippen molar-refractivity contribution in [2.45, 2.75) is 26.7 Å². The molecule has 0 aromatic heterocycles. The van der Waals surface area contributed by atoms with E-state index in [0.717, 1.165) is 6.42 Å². The van der Waals surface area contributed by atoms with Gasteiger partial charge in [-0.25, -0.2) is 4.79 Å². The summed E-state index contributed by atoms with van der Waals surface area (Å²) in [6, 6.07) is 4.25. The molecule has 0 aliphatic heterocycles. The van der Waals surface area contributed by atoms with Crippen LogP contribution in [0, 0.1) is 5.92 Å². The zero-order valence-corrected chi connectivity index (χ0v) is 15.3. The molecule has 1 rings (SSSR count). The summed E-state index contributed by atoms with van der Waals surface area (Å²) in [4.78, 5) is 34.9. The fourth-order valence-corrected chi connectivity index (χ4v) is 2.11. The Kier molecular flexibility index (Phi) is 8.77. The number of benzene rings is 1. The van der Waals surface area contributed by atoms with E-state index >= 15 is 0 Å². The number of rotatable bonds is 8. The number of nitrogens with one attached hydrogen (secondary N) is 2. The molecular weight excluding hydrogens is 348 g/mol. The molecule has 0 bridgehead atoms. The van der Waals surface area contributed by atoms with Gasteiger partial charge in [0.05, 0.1) is 13.5 Å². The number of urea groups is 1. The van der Waals surface area contributed by atoms with Gasteiger partial charge in [0.2, 0.25) is 0 Å². The normalized spacial score (nSPS) is 10.3. The Labute approximate surface area is 152 Å². The van der Waals surface area contributed by atoms with Gasteiger partial charge in [-0.2, -0.15) is 0 Å². The van der Waals surface area contributed by atoms with Gasteiger partial charge in [-0.3, -0.25) is 14.9 Å². The van der Waals surface area contributed by atoms with E-state index in [2.05, 4.69) is 10.6 Å². The highest BCUT2D eigenvalue weighted by molar-refractivity contribution is 6.30. The topological polar surface area (TPSA) is 93.7 Å². The van der Waals surface area contributed by atoms with Gasteiger partial charge in [0, 0.05) is 17.1 Å². The lowest BCUT2D eigenvalue weighted by Gasteiger charge is -2.10. The van der Waals surface area contributed by atoms with Crippen molar-refractivity contribution < 1.29 is 23.9 Å². The molecule has 7 nitrogen and oxygen atoms in total. The predicted octanol–water partition coefficient (Wildman–Crippen LogP) is 2.31. The molecule has 0 fully saturated rings. The summed E-state index contributed by atoms with van der Waals surface area (Å²) in [5, 5.41) is 5.10. The minimum Gasteiger partial charge on any atom is -0.496 e. The molecule has 0 aliphatic carbocycles. The van der Waals surface area contributed by atoms with Crippen LogP contribution in [-0.4, -0.2) is 38.2 Å². The monoisotopic (exact) mass is 370 g/mol. The number of imide groups is 1. The van der Waals surface area contributed by atoms with Crippen LogP contribution < -0.4 is 15.4 Å². The number of halogens is 1. The standard InChI is InChI=1S/C17H23ClN2O5/c1-11(2)6-7-19-17(23)20-15(21)10-25-16(22)9-12-8-13(18)4-5-14(12)24-3/h4-5,8,11H,6-7,9-10H2,1-3H3,(H2,19,20,21,23). The molecular formula is C17H23ClN2O5. The Hall–Kier alpha value is -2.28. The largest absolute Gasteiger partial charge is 0.496 e. The van der Waals surface area contributed by atoms with Gasteiger partial charge < -0.3 is 14.8 Å². The summed E-state index contributed by atoms with van der Waals surface area (Å²) in [7, 11) is 1.48. The van der Waals surface area contributed by atoms with Crippen LogP contribution in [0.4, 0.5) is 4.79 Å². The average Bonchev–Trinajstić information content (AvgIpc) is 2.53. The van der Waals surface area contributed by atoms with Gasteiger partial charge in [0.1, 0.15) is 5.75 Å². The van der Waals surface area contributed by atoms with E-state index in [4.69, 9.17) is 21.1 Å². The number of esters is 1. The summed E-state index contributed by atoms with van der Waals surface area (Å²) in [6.07, 6.45) is 0.704. The highest BCUT2D eigenvalue weighted by atomic mass is 35.5. The van der Waals surface area contributed by atoms with Crippen molar-refractivity contribution in [3.63, 3.8) is 0 Å². The first-order valence-electron chi connectivity index (χ1n) is 7.87. The van der Waals surface area contributed by atoms with Crippen LogP contribution in [0.3, 0.4) is 0 Å². The first-order valence-corrected chi connectivity index (χ1v) is 8.25. The fraction of sp³-hybridized carbons (Fsp3) is 0.471. The number of carbonyl (C=O) groups excluding carboxylic acids is 3. The molecule has 0 spiro atoms. The molecule has 0 unspecified atom stereocenters. The van der Waals surface area contributed by atoms with Crippen LogP contribution in [0.25, 0.3) is 0 Å². The van der Waals surface area contributed by atoms with Crippen LogP contribution in [-0.2, 0) is 20.7 Å². The molecule has 3 amide bonds. The zero-order valence-electron chi connectivity index (χ0n) is 14.6. The molecule has 0 atom stereocenters. The molecule has 1 aromatic carbocycles. The lowest BCUT2D eigenvalue weighted by atomic mass is 10.1. The molecule has 2 N–H and O–H groups in total. The van der Waals surface area contributed by atoms with Gasteiger partial charge in [0.25, 0.3) is 5.91 Å². The smallest absolute Gasteiger partial charge is 0.321 e. The van der Waals surface area contributed by atoms with E-state index in [1.165, 1.54) is 7.11 Å². The summed E-state index contributed by atoms with van der Waals surface area (Å²) in [5.41, 5.74) is 0.548. The van der Waals surface area contributed by atoms with E-state index in [9.17, 15) is 14.4 Å². The first-order chi connectivity index (χ1) is 11.8. The highest BCUT2D eigenvalue weighted by Gasteiger charge is 2.14. The van der Waals surface area contributed by atoms with E-state index in [1.54, 1.807) is 18.2 Å². The summed E-state index contributed by atoms with van der Waals surface area (Å²) in [5.74, 6) is -0.389. The average molecular weight is 371 g/mol. The number of amides is 3. The number of methoxy groups -OCH3 is 1. The van der Waals surface area contributed by atoms with Gasteiger partial charge >= 0.3 is 12.0 Å². The van der Waals surface area contributed by atoms with E-state index in [-0.39, 0.29) is 6.42 Å². The predicted molar refractivity (Wildman–Crippen MR) is 93.7 cm³/mol. The lowest BCUT2D eigenvalue weighted by molar-refractivity contribution is -0.147. The molecule has 0 heterocycles. The first kappa shape index (κ1) is 20.8. The lowest BCUT2D eigenvalue weighted by Crippen LogP contribution is -2.42. The molecule has 8 heteroatoms. The van der Waals surface area contributed by atoms with Gasteiger partial charge in [-0.1, -0.05) is 25.4 Å². The minimum atomic E-state index is -0.701. The Morgan fingerprint density at radius 2 is 1.96 bits per heavy atom. The van der Waals surface area contributed by atoms with Crippen molar-refractivity contribution in [2.75, 3.05) is 20.3 Å². The van der Waals surface area contributed by atoms with Crippen LogP contribution in [0.1, 0.15) is 25.8 Å². The zero-order chi connectivity index (χ0) is 18.8. The second-order valence-electron chi connectivity index (χ2n) is 5.78. The van der Waals surface area contributed by atoms with Gasteiger partial charge in [-0.15, -0.1) is 0 Å². The van der Waals surface area contributed by atoms with Gasteiger partial charge in [0.15, 0.2) is 6.61 Å². The summed E-state index contributed by atoms with van der Waals surface area (Å²) in [6.45, 7) is 3.97. The van der Waals surface area contributed by atoms with Crippen molar-refractivity contribution in [2.24, 2.45) is 5.92 Å². The van der Waals surface area contributed by atoms with Crippen molar-refractivity contribution >= 4 is 29.5 Å². The summed E-state index contributed by atoms with van der Waals surface area (Å²) >= 11 is 5.89. The molecule has 25 heavy (non-hydrogen) atoms. The van der Waals surface area contributed by atoms with E-state index in [0.29, 0.717) is 28.8 Å². The third-order valence-electron chi connectivity index (χ3n) is 3.20.